The van der Waals surface area contributed by atoms with E-state index in [4.69, 9.17) is 16.4 Å². The molecule has 3 N–H and O–H groups in total. The topological polar surface area (TPSA) is 72.2 Å². The molecule has 1 rings (SSSR count). The number of rotatable bonds is 1. The average molecular weight is 309 g/mol. The van der Waals surface area contributed by atoms with Crippen molar-refractivity contribution in [1.82, 2.24) is 5.32 Å². The fourth-order valence-corrected chi connectivity index (χ4v) is 1.07. The van der Waals surface area contributed by atoms with Crippen molar-refractivity contribution in [3.63, 3.8) is 0 Å². The summed E-state index contributed by atoms with van der Waals surface area (Å²) < 4.78 is 0. The maximum Gasteiger partial charge on any atom is 0.276 e. The lowest BCUT2D eigenvalue weighted by molar-refractivity contribution is 0.259. The van der Waals surface area contributed by atoms with E-state index in [1.807, 2.05) is 44.2 Å². The van der Waals surface area contributed by atoms with Gasteiger partial charge in [0.05, 0.1) is 0 Å². The number of nitrogens with two attached hydrogens (primary N) is 1. The fraction of sp³-hybridized carbons (Fsp3) is 0.273. The molecule has 2 amide bonds. The van der Waals surface area contributed by atoms with Gasteiger partial charge in [0.15, 0.2) is 0 Å². The lowest BCUT2D eigenvalue weighted by Gasteiger charge is -2.01. The van der Waals surface area contributed by atoms with E-state index < -0.39 is 5.24 Å². The van der Waals surface area contributed by atoms with Crippen LogP contribution in [0.25, 0.3) is 0 Å². The number of amides is 2. The molecule has 0 bridgehead atoms. The summed E-state index contributed by atoms with van der Waals surface area (Å²) in [5.41, 5.74) is 4.34. The van der Waals surface area contributed by atoms with Crippen molar-refractivity contribution in [2.24, 2.45) is 5.73 Å². The second-order valence-electron chi connectivity index (χ2n) is 3.24. The largest absolute Gasteiger partial charge is 0.361 e. The number of nitrogens with one attached hydrogen (secondary N) is 1. The number of carbonyl (C=O) groups is 2. The molecule has 4 nitrogen and oxygen atoms in total. The Balaban J connectivity index is 0. The molecule has 0 unspecified atom stereocenters. The molecule has 0 aromatic heterocycles. The van der Waals surface area contributed by atoms with Crippen LogP contribution in [0.4, 0.5) is 9.59 Å². The zero-order chi connectivity index (χ0) is 14.6. The van der Waals surface area contributed by atoms with Gasteiger partial charge in [0.1, 0.15) is 0 Å². The molecular weight excluding hydrogens is 292 g/mol. The maximum absolute atomic E-state index is 10.0. The highest BCUT2D eigenvalue weighted by Crippen LogP contribution is 2.03. The molecule has 0 aliphatic carbocycles. The van der Waals surface area contributed by atoms with Crippen LogP contribution in [-0.2, 0) is 0 Å². The average Bonchev–Trinajstić information content (AvgIpc) is 2.16. The number of carbonyl (C=O) groups excluding carboxylic acids is 2. The van der Waals surface area contributed by atoms with Gasteiger partial charge in [-0.15, -0.1) is 0 Å². The van der Waals surface area contributed by atoms with Crippen molar-refractivity contribution in [3.05, 3.63) is 35.4 Å². The Bertz CT molecular complexity index is 344. The van der Waals surface area contributed by atoms with Crippen LogP contribution in [-0.4, -0.2) is 16.5 Å². The predicted molar refractivity (Wildman–Crippen MR) is 82.7 cm³/mol. The molecule has 1 aromatic rings. The van der Waals surface area contributed by atoms with Crippen molar-refractivity contribution in [2.75, 3.05) is 0 Å². The summed E-state index contributed by atoms with van der Waals surface area (Å²) >= 11 is 12.1. The van der Waals surface area contributed by atoms with Gasteiger partial charge in [0, 0.05) is 11.1 Å². The number of thiol groups is 2. The lowest BCUT2D eigenvalue weighted by atomic mass is 10.4. The minimum Gasteiger partial charge on any atom is -0.361 e. The quantitative estimate of drug-likeness (QED) is 0.601. The van der Waals surface area contributed by atoms with Gasteiger partial charge in [-0.25, -0.2) is 0 Å². The van der Waals surface area contributed by atoms with Crippen LogP contribution in [0.3, 0.4) is 0 Å². The van der Waals surface area contributed by atoms with E-state index in [2.05, 4.69) is 36.3 Å². The first-order chi connectivity index (χ1) is 8.25. The van der Waals surface area contributed by atoms with E-state index in [-0.39, 0.29) is 11.3 Å². The van der Waals surface area contributed by atoms with E-state index >= 15 is 0 Å². The molecule has 0 fully saturated rings. The third kappa shape index (κ3) is 24.4. The Morgan fingerprint density at radius 2 is 1.61 bits per heavy atom. The third-order valence-electron chi connectivity index (χ3n) is 1.15. The molecule has 0 spiro atoms. The van der Waals surface area contributed by atoms with Crippen molar-refractivity contribution < 1.29 is 9.59 Å². The zero-order valence-electron chi connectivity index (χ0n) is 10.1. The molecule has 7 heteroatoms. The number of hydrogen-bond donors (Lipinski definition) is 4. The van der Waals surface area contributed by atoms with E-state index in [0.29, 0.717) is 0 Å². The number of primary amides is 1. The summed E-state index contributed by atoms with van der Waals surface area (Å²) in [6, 6.07) is 9.64. The molecule has 0 aliphatic rings. The van der Waals surface area contributed by atoms with Gasteiger partial charge >= 0.3 is 0 Å². The van der Waals surface area contributed by atoms with Gasteiger partial charge < -0.3 is 11.1 Å². The second kappa shape index (κ2) is 12.6. The highest BCUT2D eigenvalue weighted by atomic mass is 35.5. The summed E-state index contributed by atoms with van der Waals surface area (Å²) in [6.45, 7) is 3.77. The van der Waals surface area contributed by atoms with Crippen molar-refractivity contribution in [1.29, 1.82) is 0 Å². The Hall–Kier alpha value is -0.850. The molecule has 0 radical (unpaired) electrons. The monoisotopic (exact) mass is 308 g/mol. The SMILES string of the molecule is CC(C)NC(=O)S.Clc1ccccc1.NC(=O)S. The van der Waals surface area contributed by atoms with Crippen LogP contribution in [0, 0.1) is 0 Å². The molecule has 0 heterocycles. The van der Waals surface area contributed by atoms with Crippen LogP contribution in [0.2, 0.25) is 5.02 Å². The lowest BCUT2D eigenvalue weighted by Crippen LogP contribution is -2.24. The summed E-state index contributed by atoms with van der Waals surface area (Å²) in [5.74, 6) is 0. The van der Waals surface area contributed by atoms with Gasteiger partial charge in [-0.05, 0) is 26.0 Å². The van der Waals surface area contributed by atoms with Crippen LogP contribution in [0.5, 0.6) is 0 Å². The number of halogens is 1. The molecule has 0 atom stereocenters. The summed E-state index contributed by atoms with van der Waals surface area (Å²) in [7, 11) is 0. The Labute approximate surface area is 123 Å². The third-order valence-corrected chi connectivity index (χ3v) is 1.53. The minimum absolute atomic E-state index is 0.199. The van der Waals surface area contributed by atoms with Gasteiger partial charge in [-0.2, -0.15) is 0 Å². The van der Waals surface area contributed by atoms with Gasteiger partial charge in [-0.3, -0.25) is 9.59 Å². The molecule has 0 saturated heterocycles. The number of benzene rings is 1. The van der Waals surface area contributed by atoms with E-state index in [0.717, 1.165) is 5.02 Å². The first-order valence-electron chi connectivity index (χ1n) is 4.94. The van der Waals surface area contributed by atoms with Crippen LogP contribution >= 0.6 is 36.9 Å². The summed E-state index contributed by atoms with van der Waals surface area (Å²) in [5, 5.41) is 2.42. The fourth-order valence-electron chi connectivity index (χ4n) is 0.662. The zero-order valence-corrected chi connectivity index (χ0v) is 12.7. The second-order valence-corrected chi connectivity index (χ2v) is 4.52. The molecular formula is C11H17ClN2O2S2. The first-order valence-corrected chi connectivity index (χ1v) is 6.21. The van der Waals surface area contributed by atoms with E-state index in [1.165, 1.54) is 0 Å². The van der Waals surface area contributed by atoms with Crippen molar-refractivity contribution in [2.45, 2.75) is 19.9 Å². The molecule has 0 aliphatic heterocycles. The Kier molecular flexibility index (Phi) is 13.6. The first kappa shape index (κ1) is 19.5. The highest BCUT2D eigenvalue weighted by Gasteiger charge is 1.92. The van der Waals surface area contributed by atoms with Crippen molar-refractivity contribution in [3.8, 4) is 0 Å². The molecule has 18 heavy (non-hydrogen) atoms. The maximum atomic E-state index is 10.0. The van der Waals surface area contributed by atoms with Gasteiger partial charge in [0.2, 0.25) is 0 Å². The molecule has 102 valence electrons. The Morgan fingerprint density at radius 1 is 1.22 bits per heavy atom. The molecule has 1 aromatic carbocycles. The normalized spacial score (nSPS) is 8.33. The smallest absolute Gasteiger partial charge is 0.276 e. The molecule has 0 saturated carbocycles. The van der Waals surface area contributed by atoms with Crippen LogP contribution in [0.15, 0.2) is 30.3 Å². The van der Waals surface area contributed by atoms with Crippen molar-refractivity contribution >= 4 is 47.3 Å². The summed E-state index contributed by atoms with van der Waals surface area (Å²) in [4.78, 5) is 19.1. The van der Waals surface area contributed by atoms with E-state index in [1.54, 1.807) is 0 Å². The van der Waals surface area contributed by atoms with Gasteiger partial charge in [-0.1, -0.05) is 55.1 Å². The summed E-state index contributed by atoms with van der Waals surface area (Å²) in [6.07, 6.45) is 0. The van der Waals surface area contributed by atoms with Crippen LogP contribution in [0.1, 0.15) is 13.8 Å². The highest BCUT2D eigenvalue weighted by molar-refractivity contribution is 7.96. The van der Waals surface area contributed by atoms with E-state index in [9.17, 15) is 4.79 Å². The minimum atomic E-state index is -0.639. The van der Waals surface area contributed by atoms with Gasteiger partial charge in [0.25, 0.3) is 10.5 Å². The Morgan fingerprint density at radius 3 is 1.72 bits per heavy atom. The van der Waals surface area contributed by atoms with Crippen LogP contribution < -0.4 is 11.1 Å². The standard InChI is InChI=1S/C6H5Cl.C4H9NOS.CH3NOS/c7-6-4-2-1-3-5-6;1-3(2)5-4(6)7;2-1(3)4/h1-5H;3H,1-2H3,(H2,5,6,7);(H3,2,3,4). The number of hydrogen-bond acceptors (Lipinski definition) is 2. The predicted octanol–water partition coefficient (Wildman–Crippen LogP) is 3.37.